The molecule has 6 nitrogen and oxygen atoms in total. The normalized spacial score (nSPS) is 31.8. The lowest BCUT2D eigenvalue weighted by atomic mass is 10.2. The smallest absolute Gasteiger partial charge is 0.326 e. The second-order valence-corrected chi connectivity index (χ2v) is 1.95. The van der Waals surface area contributed by atoms with Gasteiger partial charge < -0.3 is 10.4 Å². The van der Waals surface area contributed by atoms with E-state index in [1.165, 1.54) is 0 Å². The van der Waals surface area contributed by atoms with Gasteiger partial charge in [-0.1, -0.05) is 0 Å². The Balaban J connectivity index is 2.79. The van der Waals surface area contributed by atoms with Gasteiger partial charge in [-0.25, -0.2) is 9.59 Å². The lowest BCUT2D eigenvalue weighted by Gasteiger charge is -2.18. The van der Waals surface area contributed by atoms with E-state index in [9.17, 15) is 14.4 Å². The van der Waals surface area contributed by atoms with E-state index in [-0.39, 0.29) is 0 Å². The molecule has 1 fully saturated rings. The van der Waals surface area contributed by atoms with Gasteiger partial charge in [0.1, 0.15) is 6.04 Å². The van der Waals surface area contributed by atoms with Gasteiger partial charge in [-0.2, -0.15) is 0 Å². The van der Waals surface area contributed by atoms with Crippen molar-refractivity contribution in [3.8, 4) is 0 Å². The molecule has 0 aromatic carbocycles. The lowest BCUT2D eigenvalue weighted by molar-refractivity contribution is -0.141. The van der Waals surface area contributed by atoms with Gasteiger partial charge >= 0.3 is 12.0 Å². The average Bonchev–Trinajstić information content (AvgIpc) is 1.96. The molecule has 1 unspecified atom stereocenters. The average molecular weight is 159 g/mol. The maximum Gasteiger partial charge on any atom is 0.326 e. The Morgan fingerprint density at radius 1 is 1.73 bits per heavy atom. The number of carboxylic acid groups (broad SMARTS) is 1. The molecule has 3 N–H and O–H groups in total. The summed E-state index contributed by atoms with van der Waals surface area (Å²) >= 11 is 0. The maximum atomic E-state index is 10.7. The second-order valence-electron chi connectivity index (χ2n) is 1.95. The fourth-order valence-electron chi connectivity index (χ4n) is 0.657. The van der Waals surface area contributed by atoms with Gasteiger partial charge in [-0.05, 0) is 0 Å². The molecule has 1 aliphatic rings. The summed E-state index contributed by atoms with van der Waals surface area (Å²) in [4.78, 5) is 31.6. The van der Waals surface area contributed by atoms with E-state index in [1.807, 2.05) is 5.32 Å². The van der Waals surface area contributed by atoms with Gasteiger partial charge in [-0.3, -0.25) is 10.1 Å². The third-order valence-electron chi connectivity index (χ3n) is 1.11. The third kappa shape index (κ3) is 1.66. The maximum absolute atomic E-state index is 10.7. The first-order valence-corrected chi connectivity index (χ1v) is 2.79. The molecule has 1 aliphatic heterocycles. The number of carboxylic acids is 1. The molecule has 2 atom stereocenters. The summed E-state index contributed by atoms with van der Waals surface area (Å²) < 4.78 is 7.05. The van der Waals surface area contributed by atoms with E-state index in [0.29, 0.717) is 0 Å². The number of hydrogen-bond donors (Lipinski definition) is 3. The molecule has 0 saturated carbocycles. The van der Waals surface area contributed by atoms with Crippen molar-refractivity contribution < 1.29 is 20.9 Å². The van der Waals surface area contributed by atoms with Crippen molar-refractivity contribution in [1.29, 1.82) is 0 Å². The summed E-state index contributed by atoms with van der Waals surface area (Å²) in [5, 5.41) is 12.1. The molecule has 1 rings (SSSR count). The van der Waals surface area contributed by atoms with Crippen molar-refractivity contribution in [3.63, 3.8) is 0 Å². The van der Waals surface area contributed by atoms with Crippen LogP contribution in [0.4, 0.5) is 4.79 Å². The Kier molecular flexibility index (Phi) is 1.43. The van der Waals surface area contributed by atoms with Gasteiger partial charge in [0.05, 0.1) is 6.40 Å². The predicted molar refractivity (Wildman–Crippen MR) is 32.7 cm³/mol. The van der Waals surface area contributed by atoms with Crippen molar-refractivity contribution >= 4 is 17.9 Å². The standard InChI is InChI=1S/C5H6N2O4/c8-3-1-2(4(9)10)6-5(11)7-3/h2H,1H2,(H,9,10)(H2,6,7,8,11)/t2-/m0/s1/i1D/t1?,2-. The molecular formula is C5H6N2O4. The van der Waals surface area contributed by atoms with Crippen molar-refractivity contribution in [2.45, 2.75) is 12.4 Å². The molecule has 60 valence electrons. The molecule has 6 heteroatoms. The van der Waals surface area contributed by atoms with Crippen LogP contribution in [0.1, 0.15) is 7.77 Å². The molecular weight excluding hydrogens is 152 g/mol. The highest BCUT2D eigenvalue weighted by Crippen LogP contribution is 1.97. The summed E-state index contributed by atoms with van der Waals surface area (Å²) in [6.45, 7) is 0. The molecule has 3 amide bonds. The van der Waals surface area contributed by atoms with Crippen LogP contribution in [0.2, 0.25) is 0 Å². The van der Waals surface area contributed by atoms with Crippen LogP contribution in [0, 0.1) is 0 Å². The van der Waals surface area contributed by atoms with Crippen molar-refractivity contribution in [3.05, 3.63) is 0 Å². The number of rotatable bonds is 1. The minimum Gasteiger partial charge on any atom is -0.480 e. The van der Waals surface area contributed by atoms with Crippen LogP contribution >= 0.6 is 0 Å². The van der Waals surface area contributed by atoms with E-state index in [1.54, 1.807) is 5.32 Å². The number of amides is 3. The zero-order valence-electron chi connectivity index (χ0n) is 6.33. The van der Waals surface area contributed by atoms with Gasteiger partial charge in [0.2, 0.25) is 5.91 Å². The molecule has 0 bridgehead atoms. The Morgan fingerprint density at radius 3 is 2.91 bits per heavy atom. The molecule has 11 heavy (non-hydrogen) atoms. The van der Waals surface area contributed by atoms with E-state index < -0.39 is 30.3 Å². The Morgan fingerprint density at radius 2 is 2.36 bits per heavy atom. The molecule has 0 aromatic rings. The highest BCUT2D eigenvalue weighted by atomic mass is 16.4. The quantitative estimate of drug-likeness (QED) is 0.441. The topological polar surface area (TPSA) is 95.5 Å². The number of hydrogen-bond acceptors (Lipinski definition) is 3. The predicted octanol–water partition coefficient (Wildman–Crippen LogP) is -1.33. The molecule has 0 aromatic heterocycles. The minimum atomic E-state index is -1.49. The number of nitrogens with one attached hydrogen (secondary N) is 2. The van der Waals surface area contributed by atoms with E-state index in [2.05, 4.69) is 0 Å². The number of urea groups is 1. The highest BCUT2D eigenvalue weighted by Gasteiger charge is 2.28. The van der Waals surface area contributed by atoms with E-state index >= 15 is 0 Å². The second kappa shape index (κ2) is 2.57. The van der Waals surface area contributed by atoms with Gasteiger partial charge in [0.25, 0.3) is 0 Å². The van der Waals surface area contributed by atoms with Gasteiger partial charge in [0.15, 0.2) is 0 Å². The SMILES string of the molecule is [2H]C1C(=O)NC(=O)N[C@@H]1C(=O)O. The first-order chi connectivity index (χ1) is 5.52. The summed E-state index contributed by atoms with van der Waals surface area (Å²) in [5.41, 5.74) is 0. The molecule has 1 heterocycles. The first-order valence-electron chi connectivity index (χ1n) is 3.36. The highest BCUT2D eigenvalue weighted by molar-refractivity contribution is 6.01. The molecule has 0 radical (unpaired) electrons. The number of carbonyl (C=O) groups excluding carboxylic acids is 2. The van der Waals surface area contributed by atoms with Crippen molar-refractivity contribution in [1.82, 2.24) is 10.6 Å². The monoisotopic (exact) mass is 159 g/mol. The van der Waals surface area contributed by atoms with E-state index in [4.69, 9.17) is 6.48 Å². The number of carbonyl (C=O) groups is 3. The molecule has 0 spiro atoms. The number of imide groups is 1. The van der Waals surface area contributed by atoms with Crippen LogP contribution < -0.4 is 10.6 Å². The Hall–Kier alpha value is -1.59. The van der Waals surface area contributed by atoms with Crippen LogP contribution in [-0.4, -0.2) is 29.1 Å². The zero-order valence-corrected chi connectivity index (χ0v) is 5.33. The van der Waals surface area contributed by atoms with Crippen LogP contribution in [-0.2, 0) is 9.59 Å². The van der Waals surface area contributed by atoms with Gasteiger partial charge in [0, 0.05) is 1.37 Å². The summed E-state index contributed by atoms with van der Waals surface area (Å²) in [6, 6.07) is -2.33. The molecule has 1 saturated heterocycles. The minimum absolute atomic E-state index is 0.879. The Labute approximate surface area is 63.0 Å². The van der Waals surface area contributed by atoms with Crippen LogP contribution in [0.5, 0.6) is 0 Å². The zero-order chi connectivity index (χ0) is 9.30. The van der Waals surface area contributed by atoms with Crippen LogP contribution in [0.25, 0.3) is 0 Å². The lowest BCUT2D eigenvalue weighted by Crippen LogP contribution is -2.55. The summed E-state index contributed by atoms with van der Waals surface area (Å²) in [6.07, 6.45) is -1.49. The van der Waals surface area contributed by atoms with E-state index in [0.717, 1.165) is 0 Å². The first kappa shape index (κ1) is 6.14. The van der Waals surface area contributed by atoms with Crippen LogP contribution in [0.15, 0.2) is 0 Å². The van der Waals surface area contributed by atoms with Crippen LogP contribution in [0.3, 0.4) is 0 Å². The Bertz CT molecular complexity index is 254. The van der Waals surface area contributed by atoms with Crippen molar-refractivity contribution in [2.75, 3.05) is 0 Å². The third-order valence-corrected chi connectivity index (χ3v) is 1.11. The fraction of sp³-hybridized carbons (Fsp3) is 0.400. The summed E-state index contributed by atoms with van der Waals surface area (Å²) in [7, 11) is 0. The summed E-state index contributed by atoms with van der Waals surface area (Å²) in [5.74, 6) is -2.29. The van der Waals surface area contributed by atoms with Gasteiger partial charge in [-0.15, -0.1) is 0 Å². The van der Waals surface area contributed by atoms with Crippen molar-refractivity contribution in [2.24, 2.45) is 0 Å². The largest absolute Gasteiger partial charge is 0.480 e. The number of aliphatic carboxylic acids is 1. The fourth-order valence-corrected chi connectivity index (χ4v) is 0.657. The molecule has 0 aliphatic carbocycles.